The van der Waals surface area contributed by atoms with Gasteiger partial charge in [-0.15, -0.1) is 0 Å². The molecule has 1 aromatic rings. The summed E-state index contributed by atoms with van der Waals surface area (Å²) in [6.45, 7) is 10.1. The van der Waals surface area contributed by atoms with Crippen molar-refractivity contribution >= 4 is 0 Å². The first-order valence-corrected chi connectivity index (χ1v) is 5.81. The van der Waals surface area contributed by atoms with E-state index in [1.165, 1.54) is 16.7 Å². The molecule has 88 valence electrons. The molecule has 0 aliphatic rings. The van der Waals surface area contributed by atoms with E-state index in [-0.39, 0.29) is 5.92 Å². The minimum Gasteiger partial charge on any atom is -0.198 e. The zero-order valence-corrected chi connectivity index (χ0v) is 11.2. The Morgan fingerprint density at radius 1 is 0.941 bits per heavy atom. The normalized spacial score (nSPS) is 11.7. The maximum atomic E-state index is 9.10. The summed E-state index contributed by atoms with van der Waals surface area (Å²) in [6, 6.07) is 4.51. The van der Waals surface area contributed by atoms with Crippen molar-refractivity contribution in [3.05, 3.63) is 33.4 Å². The molecule has 0 saturated carbocycles. The van der Waals surface area contributed by atoms with Gasteiger partial charge in [0.1, 0.15) is 0 Å². The van der Waals surface area contributed by atoms with E-state index in [1.54, 1.807) is 0 Å². The lowest BCUT2D eigenvalue weighted by Gasteiger charge is -2.20. The maximum Gasteiger partial charge on any atom is 0.0701 e. The van der Waals surface area contributed by atoms with E-state index in [2.05, 4.69) is 32.9 Å². The fourth-order valence-corrected chi connectivity index (χ4v) is 2.49. The van der Waals surface area contributed by atoms with E-state index in [1.807, 2.05) is 13.8 Å². The lowest BCUT2D eigenvalue weighted by Crippen LogP contribution is -2.07. The highest BCUT2D eigenvalue weighted by atomic mass is 14.3. The predicted molar refractivity (Wildman–Crippen MR) is 68.7 cm³/mol. The molecule has 0 aliphatic heterocycles. The lowest BCUT2D eigenvalue weighted by atomic mass is 9.83. The second-order valence-corrected chi connectivity index (χ2v) is 4.58. The van der Waals surface area contributed by atoms with Gasteiger partial charge in [0.25, 0.3) is 0 Å². The van der Waals surface area contributed by atoms with Crippen molar-refractivity contribution in [3.8, 4) is 12.1 Å². The first-order chi connectivity index (χ1) is 7.95. The van der Waals surface area contributed by atoms with Gasteiger partial charge in [0.2, 0.25) is 0 Å². The quantitative estimate of drug-likeness (QED) is 0.773. The Bertz CT molecular complexity index is 528. The number of hydrogen-bond acceptors (Lipinski definition) is 2. The van der Waals surface area contributed by atoms with E-state index in [9.17, 15) is 0 Å². The summed E-state index contributed by atoms with van der Waals surface area (Å²) < 4.78 is 0. The first kappa shape index (κ1) is 13.3. The molecule has 1 atom stereocenters. The van der Waals surface area contributed by atoms with E-state index in [0.29, 0.717) is 6.42 Å². The highest BCUT2D eigenvalue weighted by molar-refractivity contribution is 5.53. The standard InChI is InChI=1S/C15H18N2/c1-9(8-17)15-12(4)10(2)11(3)14(6-7-16)13(15)5/h9H,6H2,1-5H3. The molecule has 0 fully saturated rings. The second kappa shape index (κ2) is 5.02. The molecule has 0 amide bonds. The zero-order chi connectivity index (χ0) is 13.2. The molecule has 0 saturated heterocycles. The molecule has 17 heavy (non-hydrogen) atoms. The molecule has 0 aromatic heterocycles. The van der Waals surface area contributed by atoms with Crippen molar-refractivity contribution in [2.75, 3.05) is 0 Å². The number of rotatable bonds is 2. The van der Waals surface area contributed by atoms with Crippen LogP contribution in [0.25, 0.3) is 0 Å². The Morgan fingerprint density at radius 2 is 1.53 bits per heavy atom. The summed E-state index contributed by atoms with van der Waals surface area (Å²) in [7, 11) is 0. The van der Waals surface area contributed by atoms with Gasteiger partial charge in [0.15, 0.2) is 0 Å². The van der Waals surface area contributed by atoms with Crippen molar-refractivity contribution in [3.63, 3.8) is 0 Å². The number of benzene rings is 1. The van der Waals surface area contributed by atoms with Crippen molar-refractivity contribution in [1.82, 2.24) is 0 Å². The highest BCUT2D eigenvalue weighted by Gasteiger charge is 2.18. The molecule has 0 heterocycles. The average molecular weight is 226 g/mol. The van der Waals surface area contributed by atoms with Crippen LogP contribution in [0.15, 0.2) is 0 Å². The monoisotopic (exact) mass is 226 g/mol. The van der Waals surface area contributed by atoms with Gasteiger partial charge in [-0.2, -0.15) is 10.5 Å². The van der Waals surface area contributed by atoms with E-state index in [0.717, 1.165) is 16.7 Å². The number of nitriles is 2. The van der Waals surface area contributed by atoms with Gasteiger partial charge in [0, 0.05) is 0 Å². The molecule has 2 heteroatoms. The molecule has 0 aliphatic carbocycles. The Hall–Kier alpha value is -1.80. The van der Waals surface area contributed by atoms with Crippen LogP contribution in [-0.2, 0) is 6.42 Å². The van der Waals surface area contributed by atoms with Crippen LogP contribution in [0, 0.1) is 50.4 Å². The van der Waals surface area contributed by atoms with Crippen LogP contribution in [0.2, 0.25) is 0 Å². The lowest BCUT2D eigenvalue weighted by molar-refractivity contribution is 0.927. The minimum atomic E-state index is -0.119. The molecule has 1 aromatic carbocycles. The van der Waals surface area contributed by atoms with Gasteiger partial charge in [0.05, 0.1) is 24.5 Å². The van der Waals surface area contributed by atoms with Crippen LogP contribution in [-0.4, -0.2) is 0 Å². The summed E-state index contributed by atoms with van der Waals surface area (Å²) in [5.74, 6) is -0.119. The van der Waals surface area contributed by atoms with Gasteiger partial charge < -0.3 is 0 Å². The third-order valence-electron chi connectivity index (χ3n) is 3.72. The Kier molecular flexibility index (Phi) is 3.92. The minimum absolute atomic E-state index is 0.119. The number of nitrogens with zero attached hydrogens (tertiary/aromatic N) is 2. The van der Waals surface area contributed by atoms with E-state index in [4.69, 9.17) is 10.5 Å². The van der Waals surface area contributed by atoms with Crippen molar-refractivity contribution in [2.24, 2.45) is 0 Å². The van der Waals surface area contributed by atoms with Gasteiger partial charge in [-0.3, -0.25) is 0 Å². The molecule has 1 rings (SSSR count). The smallest absolute Gasteiger partial charge is 0.0701 e. The zero-order valence-electron chi connectivity index (χ0n) is 11.2. The van der Waals surface area contributed by atoms with Gasteiger partial charge >= 0.3 is 0 Å². The van der Waals surface area contributed by atoms with Crippen LogP contribution in [0.3, 0.4) is 0 Å². The van der Waals surface area contributed by atoms with Crippen LogP contribution >= 0.6 is 0 Å². The molecule has 0 spiro atoms. The first-order valence-electron chi connectivity index (χ1n) is 5.81. The highest BCUT2D eigenvalue weighted by Crippen LogP contribution is 2.31. The fraction of sp³-hybridized carbons (Fsp3) is 0.467. The van der Waals surface area contributed by atoms with E-state index < -0.39 is 0 Å². The molecule has 0 bridgehead atoms. The van der Waals surface area contributed by atoms with Crippen LogP contribution in [0.1, 0.15) is 46.2 Å². The van der Waals surface area contributed by atoms with Gasteiger partial charge in [-0.25, -0.2) is 0 Å². The second-order valence-electron chi connectivity index (χ2n) is 4.58. The third-order valence-corrected chi connectivity index (χ3v) is 3.72. The molecule has 0 N–H and O–H groups in total. The summed E-state index contributed by atoms with van der Waals surface area (Å²) >= 11 is 0. The summed E-state index contributed by atoms with van der Waals surface area (Å²) in [5, 5.41) is 18.0. The molecular weight excluding hydrogens is 208 g/mol. The summed E-state index contributed by atoms with van der Waals surface area (Å²) in [6.07, 6.45) is 0.421. The fourth-order valence-electron chi connectivity index (χ4n) is 2.49. The predicted octanol–water partition coefficient (Wildman–Crippen LogP) is 3.61. The molecule has 0 radical (unpaired) electrons. The van der Waals surface area contributed by atoms with Gasteiger partial charge in [-0.1, -0.05) is 0 Å². The van der Waals surface area contributed by atoms with Gasteiger partial charge in [-0.05, 0) is 68.0 Å². The average Bonchev–Trinajstić information content (AvgIpc) is 2.32. The topological polar surface area (TPSA) is 47.6 Å². The Balaban J connectivity index is 3.64. The molecule has 2 nitrogen and oxygen atoms in total. The van der Waals surface area contributed by atoms with Crippen LogP contribution in [0.5, 0.6) is 0 Å². The van der Waals surface area contributed by atoms with Crippen molar-refractivity contribution < 1.29 is 0 Å². The summed E-state index contributed by atoms with van der Waals surface area (Å²) in [4.78, 5) is 0. The molecular formula is C15H18N2. The van der Waals surface area contributed by atoms with E-state index >= 15 is 0 Å². The summed E-state index contributed by atoms with van der Waals surface area (Å²) in [5.41, 5.74) is 6.89. The maximum absolute atomic E-state index is 9.10. The Morgan fingerprint density at radius 3 is 2.00 bits per heavy atom. The van der Waals surface area contributed by atoms with Crippen molar-refractivity contribution in [1.29, 1.82) is 10.5 Å². The largest absolute Gasteiger partial charge is 0.198 e. The van der Waals surface area contributed by atoms with Crippen LogP contribution in [0.4, 0.5) is 0 Å². The van der Waals surface area contributed by atoms with Crippen molar-refractivity contribution in [2.45, 2.75) is 47.0 Å². The number of hydrogen-bond donors (Lipinski definition) is 0. The molecule has 1 unspecified atom stereocenters. The van der Waals surface area contributed by atoms with Crippen LogP contribution < -0.4 is 0 Å². The SMILES string of the molecule is Cc1c(C)c(CC#N)c(C)c(C(C)C#N)c1C. The Labute approximate surface area is 104 Å². The third kappa shape index (κ3) is 2.17.